The molecule has 1 heterocycles. The van der Waals surface area contributed by atoms with Gasteiger partial charge in [0.25, 0.3) is 0 Å². The molecule has 20 heavy (non-hydrogen) atoms. The van der Waals surface area contributed by atoms with Gasteiger partial charge in [-0.1, -0.05) is 32.9 Å². The Balaban J connectivity index is 1.95. The number of piperidine rings is 1. The third kappa shape index (κ3) is 4.24. The molecular formula is C18H29NO. The molecule has 0 atom stereocenters. The van der Waals surface area contributed by atoms with Crippen molar-refractivity contribution in [1.29, 1.82) is 0 Å². The third-order valence-electron chi connectivity index (χ3n) is 4.19. The van der Waals surface area contributed by atoms with Crippen molar-refractivity contribution >= 4 is 0 Å². The SMILES string of the molecule is Cc1ccc(C(C)(C)C)c(OCCC2CCNCC2)c1. The lowest BCUT2D eigenvalue weighted by atomic mass is 9.86. The molecular weight excluding hydrogens is 246 g/mol. The number of aryl methyl sites for hydroxylation is 1. The first-order valence-electron chi connectivity index (χ1n) is 7.91. The Labute approximate surface area is 123 Å². The molecule has 0 bridgehead atoms. The van der Waals surface area contributed by atoms with Crippen molar-refractivity contribution in [1.82, 2.24) is 5.32 Å². The van der Waals surface area contributed by atoms with Crippen LogP contribution in [0.1, 0.15) is 51.2 Å². The standard InChI is InChI=1S/C18H29NO/c1-14-5-6-16(18(2,3)4)17(13-14)20-12-9-15-7-10-19-11-8-15/h5-6,13,15,19H,7-12H2,1-4H3. The van der Waals surface area contributed by atoms with Crippen LogP contribution in [0, 0.1) is 12.8 Å². The van der Waals surface area contributed by atoms with E-state index >= 15 is 0 Å². The monoisotopic (exact) mass is 275 g/mol. The summed E-state index contributed by atoms with van der Waals surface area (Å²) in [4.78, 5) is 0. The Morgan fingerprint density at radius 2 is 1.90 bits per heavy atom. The van der Waals surface area contributed by atoms with E-state index in [4.69, 9.17) is 4.74 Å². The normalized spacial score (nSPS) is 17.2. The fraction of sp³-hybridized carbons (Fsp3) is 0.667. The van der Waals surface area contributed by atoms with Crippen molar-refractivity contribution in [3.63, 3.8) is 0 Å². The molecule has 1 fully saturated rings. The number of benzene rings is 1. The van der Waals surface area contributed by atoms with Gasteiger partial charge < -0.3 is 10.1 Å². The van der Waals surface area contributed by atoms with E-state index in [0.717, 1.165) is 18.3 Å². The molecule has 0 radical (unpaired) electrons. The molecule has 1 N–H and O–H groups in total. The zero-order chi connectivity index (χ0) is 14.6. The van der Waals surface area contributed by atoms with Crippen LogP contribution in [-0.4, -0.2) is 19.7 Å². The van der Waals surface area contributed by atoms with E-state index in [1.54, 1.807) is 0 Å². The molecule has 1 saturated heterocycles. The predicted octanol–water partition coefficient (Wildman–Crippen LogP) is 4.06. The van der Waals surface area contributed by atoms with Crippen molar-refractivity contribution in [2.24, 2.45) is 5.92 Å². The van der Waals surface area contributed by atoms with Gasteiger partial charge >= 0.3 is 0 Å². The first-order valence-corrected chi connectivity index (χ1v) is 7.91. The lowest BCUT2D eigenvalue weighted by Crippen LogP contribution is -2.28. The number of hydrogen-bond donors (Lipinski definition) is 1. The summed E-state index contributed by atoms with van der Waals surface area (Å²) < 4.78 is 6.13. The average Bonchev–Trinajstić information content (AvgIpc) is 2.38. The summed E-state index contributed by atoms with van der Waals surface area (Å²) in [6.07, 6.45) is 3.77. The van der Waals surface area contributed by atoms with Crippen molar-refractivity contribution < 1.29 is 4.74 Å². The molecule has 0 aromatic heterocycles. The molecule has 112 valence electrons. The predicted molar refractivity (Wildman–Crippen MR) is 85.6 cm³/mol. The molecule has 2 nitrogen and oxygen atoms in total. The fourth-order valence-corrected chi connectivity index (χ4v) is 2.87. The van der Waals surface area contributed by atoms with E-state index in [-0.39, 0.29) is 5.41 Å². The highest BCUT2D eigenvalue weighted by Gasteiger charge is 2.19. The summed E-state index contributed by atoms with van der Waals surface area (Å²) in [5.41, 5.74) is 2.72. The largest absolute Gasteiger partial charge is 0.493 e. The number of ether oxygens (including phenoxy) is 1. The number of nitrogens with one attached hydrogen (secondary N) is 1. The maximum absolute atomic E-state index is 6.13. The molecule has 1 aliphatic heterocycles. The minimum Gasteiger partial charge on any atom is -0.493 e. The van der Waals surface area contributed by atoms with Crippen LogP contribution >= 0.6 is 0 Å². The first kappa shape index (κ1) is 15.4. The molecule has 2 rings (SSSR count). The second kappa shape index (κ2) is 6.62. The minimum atomic E-state index is 0.137. The van der Waals surface area contributed by atoms with Crippen LogP contribution in [0.5, 0.6) is 5.75 Å². The molecule has 2 heteroatoms. The second-order valence-electron chi connectivity index (χ2n) is 7.08. The van der Waals surface area contributed by atoms with Gasteiger partial charge in [-0.2, -0.15) is 0 Å². The Bertz CT molecular complexity index is 428. The lowest BCUT2D eigenvalue weighted by molar-refractivity contribution is 0.248. The maximum atomic E-state index is 6.13. The average molecular weight is 275 g/mol. The van der Waals surface area contributed by atoms with Crippen molar-refractivity contribution in [2.75, 3.05) is 19.7 Å². The van der Waals surface area contributed by atoms with Gasteiger partial charge in [-0.05, 0) is 67.8 Å². The second-order valence-corrected chi connectivity index (χ2v) is 7.08. The van der Waals surface area contributed by atoms with Gasteiger partial charge in [0, 0.05) is 0 Å². The Kier molecular flexibility index (Phi) is 5.09. The van der Waals surface area contributed by atoms with Gasteiger partial charge in [0.15, 0.2) is 0 Å². The zero-order valence-electron chi connectivity index (χ0n) is 13.5. The maximum Gasteiger partial charge on any atom is 0.123 e. The van der Waals surface area contributed by atoms with Crippen molar-refractivity contribution in [3.05, 3.63) is 29.3 Å². The number of hydrogen-bond acceptors (Lipinski definition) is 2. The minimum absolute atomic E-state index is 0.137. The van der Waals surface area contributed by atoms with Gasteiger partial charge in [-0.25, -0.2) is 0 Å². The molecule has 0 aliphatic carbocycles. The van der Waals surface area contributed by atoms with Crippen LogP contribution < -0.4 is 10.1 Å². The Morgan fingerprint density at radius 1 is 1.20 bits per heavy atom. The highest BCUT2D eigenvalue weighted by molar-refractivity contribution is 5.41. The van der Waals surface area contributed by atoms with E-state index in [9.17, 15) is 0 Å². The van der Waals surface area contributed by atoms with Gasteiger partial charge in [-0.3, -0.25) is 0 Å². The molecule has 0 saturated carbocycles. The van der Waals surface area contributed by atoms with E-state index < -0.39 is 0 Å². The number of rotatable bonds is 4. The van der Waals surface area contributed by atoms with E-state index in [1.165, 1.54) is 43.5 Å². The van der Waals surface area contributed by atoms with Crippen LogP contribution in [0.2, 0.25) is 0 Å². The highest BCUT2D eigenvalue weighted by atomic mass is 16.5. The van der Waals surface area contributed by atoms with Crippen LogP contribution in [0.15, 0.2) is 18.2 Å². The van der Waals surface area contributed by atoms with Gasteiger partial charge in [0.1, 0.15) is 5.75 Å². The molecule has 1 aromatic carbocycles. The Hall–Kier alpha value is -1.02. The zero-order valence-corrected chi connectivity index (χ0v) is 13.5. The summed E-state index contributed by atoms with van der Waals surface area (Å²) in [5, 5.41) is 3.42. The van der Waals surface area contributed by atoms with Crippen LogP contribution in [0.4, 0.5) is 0 Å². The van der Waals surface area contributed by atoms with E-state index in [1.807, 2.05) is 0 Å². The van der Waals surface area contributed by atoms with Gasteiger partial charge in [-0.15, -0.1) is 0 Å². The van der Waals surface area contributed by atoms with Crippen LogP contribution in [-0.2, 0) is 5.41 Å². The summed E-state index contributed by atoms with van der Waals surface area (Å²) in [5.74, 6) is 1.91. The lowest BCUT2D eigenvalue weighted by Gasteiger charge is -2.25. The summed E-state index contributed by atoms with van der Waals surface area (Å²) >= 11 is 0. The summed E-state index contributed by atoms with van der Waals surface area (Å²) in [6.45, 7) is 12.1. The quantitative estimate of drug-likeness (QED) is 0.894. The first-order chi connectivity index (χ1) is 9.47. The van der Waals surface area contributed by atoms with E-state index in [2.05, 4.69) is 51.2 Å². The fourth-order valence-electron chi connectivity index (χ4n) is 2.87. The van der Waals surface area contributed by atoms with Gasteiger partial charge in [0.05, 0.1) is 6.61 Å². The topological polar surface area (TPSA) is 21.3 Å². The van der Waals surface area contributed by atoms with E-state index in [0.29, 0.717) is 0 Å². The third-order valence-corrected chi connectivity index (χ3v) is 4.19. The molecule has 1 aromatic rings. The van der Waals surface area contributed by atoms with Crippen molar-refractivity contribution in [2.45, 2.75) is 52.4 Å². The molecule has 0 spiro atoms. The van der Waals surface area contributed by atoms with Crippen molar-refractivity contribution in [3.8, 4) is 5.75 Å². The Morgan fingerprint density at radius 3 is 2.55 bits per heavy atom. The highest BCUT2D eigenvalue weighted by Crippen LogP contribution is 2.32. The summed E-state index contributed by atoms with van der Waals surface area (Å²) in [6, 6.07) is 6.58. The van der Waals surface area contributed by atoms with Crippen LogP contribution in [0.3, 0.4) is 0 Å². The molecule has 0 unspecified atom stereocenters. The van der Waals surface area contributed by atoms with Gasteiger partial charge in [0.2, 0.25) is 0 Å². The smallest absolute Gasteiger partial charge is 0.123 e. The summed E-state index contributed by atoms with van der Waals surface area (Å²) in [7, 11) is 0. The van der Waals surface area contributed by atoms with Crippen LogP contribution in [0.25, 0.3) is 0 Å². The molecule has 0 amide bonds. The molecule has 1 aliphatic rings.